The molecule has 5 nitrogen and oxygen atoms in total. The van der Waals surface area contributed by atoms with Crippen molar-refractivity contribution in [2.75, 3.05) is 17.2 Å². The van der Waals surface area contributed by atoms with Crippen LogP contribution in [0.5, 0.6) is 11.5 Å². The number of hydrogen-bond donors (Lipinski definition) is 2. The number of hydrogen-bond acceptors (Lipinski definition) is 4. The monoisotopic (exact) mass is 374 g/mol. The normalized spacial score (nSPS) is 10.2. The molecule has 3 rings (SSSR count). The molecule has 5 heteroatoms. The van der Waals surface area contributed by atoms with Gasteiger partial charge in [0.05, 0.1) is 5.69 Å². The van der Waals surface area contributed by atoms with Crippen LogP contribution in [0.15, 0.2) is 78.9 Å². The molecule has 3 aromatic carbocycles. The van der Waals surface area contributed by atoms with Crippen LogP contribution in [0.2, 0.25) is 0 Å². The van der Waals surface area contributed by atoms with Crippen molar-refractivity contribution >= 4 is 23.1 Å². The zero-order chi connectivity index (χ0) is 19.8. The summed E-state index contributed by atoms with van der Waals surface area (Å²) >= 11 is 0. The van der Waals surface area contributed by atoms with Crippen LogP contribution in [-0.4, -0.2) is 18.2 Å². The highest BCUT2D eigenvalue weighted by atomic mass is 16.5. The maximum absolute atomic E-state index is 12.3. The summed E-state index contributed by atoms with van der Waals surface area (Å²) in [6, 6.07) is 24.0. The SMILES string of the molecule is CC(=O)c1cccc(NCCC(=O)Nc2ccccc2Oc2ccccc2)c1. The predicted molar refractivity (Wildman–Crippen MR) is 111 cm³/mol. The van der Waals surface area contributed by atoms with Gasteiger partial charge in [0.1, 0.15) is 5.75 Å². The van der Waals surface area contributed by atoms with Crippen molar-refractivity contribution < 1.29 is 14.3 Å². The third-order valence-electron chi connectivity index (χ3n) is 4.08. The quantitative estimate of drug-likeness (QED) is 0.537. The molecule has 1 amide bonds. The van der Waals surface area contributed by atoms with Crippen LogP contribution in [0.25, 0.3) is 0 Å². The summed E-state index contributed by atoms with van der Waals surface area (Å²) in [4.78, 5) is 23.8. The van der Waals surface area contributed by atoms with Gasteiger partial charge in [-0.2, -0.15) is 0 Å². The van der Waals surface area contributed by atoms with Crippen molar-refractivity contribution in [3.63, 3.8) is 0 Å². The molecule has 0 spiro atoms. The molecule has 0 aliphatic carbocycles. The van der Waals surface area contributed by atoms with Gasteiger partial charge in [-0.25, -0.2) is 0 Å². The first-order valence-electron chi connectivity index (χ1n) is 9.08. The van der Waals surface area contributed by atoms with Crippen LogP contribution in [0, 0.1) is 0 Å². The van der Waals surface area contributed by atoms with Crippen LogP contribution in [0.1, 0.15) is 23.7 Å². The number of anilines is 2. The van der Waals surface area contributed by atoms with Gasteiger partial charge in [0.2, 0.25) is 5.91 Å². The molecule has 0 fully saturated rings. The summed E-state index contributed by atoms with van der Waals surface area (Å²) in [6.45, 7) is 1.98. The van der Waals surface area contributed by atoms with Gasteiger partial charge in [0.15, 0.2) is 11.5 Å². The summed E-state index contributed by atoms with van der Waals surface area (Å²) < 4.78 is 5.86. The number of para-hydroxylation sites is 3. The summed E-state index contributed by atoms with van der Waals surface area (Å²) in [7, 11) is 0. The summed E-state index contributed by atoms with van der Waals surface area (Å²) in [5, 5.41) is 6.06. The number of rotatable bonds is 8. The first-order chi connectivity index (χ1) is 13.6. The van der Waals surface area contributed by atoms with Gasteiger partial charge in [-0.15, -0.1) is 0 Å². The number of nitrogens with one attached hydrogen (secondary N) is 2. The van der Waals surface area contributed by atoms with Gasteiger partial charge in [0.25, 0.3) is 0 Å². The molecule has 2 N–H and O–H groups in total. The van der Waals surface area contributed by atoms with Crippen molar-refractivity contribution in [2.24, 2.45) is 0 Å². The van der Waals surface area contributed by atoms with E-state index in [9.17, 15) is 9.59 Å². The molecule has 3 aromatic rings. The largest absolute Gasteiger partial charge is 0.455 e. The zero-order valence-electron chi connectivity index (χ0n) is 15.6. The minimum Gasteiger partial charge on any atom is -0.455 e. The Morgan fingerprint density at radius 1 is 0.893 bits per heavy atom. The topological polar surface area (TPSA) is 67.4 Å². The lowest BCUT2D eigenvalue weighted by Gasteiger charge is -2.12. The third kappa shape index (κ3) is 5.45. The number of ketones is 1. The first-order valence-corrected chi connectivity index (χ1v) is 9.08. The highest BCUT2D eigenvalue weighted by Crippen LogP contribution is 2.29. The van der Waals surface area contributed by atoms with Gasteiger partial charge in [-0.1, -0.05) is 42.5 Å². The van der Waals surface area contributed by atoms with Crippen molar-refractivity contribution in [3.8, 4) is 11.5 Å². The number of Topliss-reactive ketones (excluding diaryl/α,β-unsaturated/α-hetero) is 1. The third-order valence-corrected chi connectivity index (χ3v) is 4.08. The summed E-state index contributed by atoms with van der Waals surface area (Å²) in [5.41, 5.74) is 2.07. The molecule has 0 saturated carbocycles. The van der Waals surface area contributed by atoms with Crippen LogP contribution in [0.4, 0.5) is 11.4 Å². The lowest BCUT2D eigenvalue weighted by Crippen LogP contribution is -2.16. The van der Waals surface area contributed by atoms with E-state index < -0.39 is 0 Å². The van der Waals surface area contributed by atoms with E-state index in [1.165, 1.54) is 6.92 Å². The summed E-state index contributed by atoms with van der Waals surface area (Å²) in [5.74, 6) is 1.18. The van der Waals surface area contributed by atoms with E-state index in [1.54, 1.807) is 18.2 Å². The fourth-order valence-electron chi connectivity index (χ4n) is 2.66. The summed E-state index contributed by atoms with van der Waals surface area (Å²) in [6.07, 6.45) is 0.282. The second kappa shape index (κ2) is 9.37. The smallest absolute Gasteiger partial charge is 0.226 e. The van der Waals surface area contributed by atoms with Gasteiger partial charge < -0.3 is 15.4 Å². The molecule has 0 unspecified atom stereocenters. The van der Waals surface area contributed by atoms with Crippen molar-refractivity contribution in [1.82, 2.24) is 0 Å². The Morgan fingerprint density at radius 2 is 1.64 bits per heavy atom. The number of carbonyl (C=O) groups excluding carboxylic acids is 2. The molecule has 0 radical (unpaired) electrons. The Labute approximate surface area is 164 Å². The van der Waals surface area contributed by atoms with Crippen LogP contribution in [0.3, 0.4) is 0 Å². The zero-order valence-corrected chi connectivity index (χ0v) is 15.6. The molecule has 0 atom stereocenters. The fourth-order valence-corrected chi connectivity index (χ4v) is 2.66. The molecule has 0 bridgehead atoms. The van der Waals surface area contributed by atoms with Gasteiger partial charge in [-0.3, -0.25) is 9.59 Å². The van der Waals surface area contributed by atoms with E-state index >= 15 is 0 Å². The number of carbonyl (C=O) groups is 2. The number of benzene rings is 3. The molecule has 28 heavy (non-hydrogen) atoms. The molecule has 0 saturated heterocycles. The second-order valence-electron chi connectivity index (χ2n) is 6.27. The minimum absolute atomic E-state index is 0.0106. The highest BCUT2D eigenvalue weighted by Gasteiger charge is 2.08. The van der Waals surface area contributed by atoms with E-state index in [1.807, 2.05) is 60.7 Å². The standard InChI is InChI=1S/C23H22N2O3/c1-17(26)18-8-7-9-19(16-18)24-15-14-23(27)25-21-12-5-6-13-22(21)28-20-10-3-2-4-11-20/h2-13,16,24H,14-15H2,1H3,(H,25,27). The van der Waals surface area contributed by atoms with E-state index in [2.05, 4.69) is 10.6 Å². The molecular weight excluding hydrogens is 352 g/mol. The van der Waals surface area contributed by atoms with Crippen molar-refractivity contribution in [1.29, 1.82) is 0 Å². The minimum atomic E-state index is -0.126. The maximum Gasteiger partial charge on any atom is 0.226 e. The van der Waals surface area contributed by atoms with E-state index in [0.29, 0.717) is 29.3 Å². The lowest BCUT2D eigenvalue weighted by atomic mass is 10.1. The van der Waals surface area contributed by atoms with Crippen LogP contribution < -0.4 is 15.4 Å². The van der Waals surface area contributed by atoms with E-state index in [0.717, 1.165) is 5.69 Å². The van der Waals surface area contributed by atoms with Gasteiger partial charge in [0, 0.05) is 24.2 Å². The average molecular weight is 374 g/mol. The lowest BCUT2D eigenvalue weighted by molar-refractivity contribution is -0.116. The molecule has 0 aliphatic heterocycles. The first kappa shape index (κ1) is 19.2. The van der Waals surface area contributed by atoms with Crippen molar-refractivity contribution in [2.45, 2.75) is 13.3 Å². The fraction of sp³-hybridized carbons (Fsp3) is 0.130. The van der Waals surface area contributed by atoms with Crippen molar-refractivity contribution in [3.05, 3.63) is 84.4 Å². The van der Waals surface area contributed by atoms with Crippen LogP contribution in [-0.2, 0) is 4.79 Å². The Bertz CT molecular complexity index is 955. The Morgan fingerprint density at radius 3 is 2.43 bits per heavy atom. The van der Waals surface area contributed by atoms with Crippen LogP contribution >= 0.6 is 0 Å². The molecule has 142 valence electrons. The maximum atomic E-state index is 12.3. The average Bonchev–Trinajstić information content (AvgIpc) is 2.70. The van der Waals surface area contributed by atoms with Gasteiger partial charge in [-0.05, 0) is 43.3 Å². The second-order valence-corrected chi connectivity index (χ2v) is 6.27. The number of ether oxygens (including phenoxy) is 1. The van der Waals surface area contributed by atoms with Gasteiger partial charge >= 0.3 is 0 Å². The Hall–Kier alpha value is -3.60. The van der Waals surface area contributed by atoms with E-state index in [-0.39, 0.29) is 18.1 Å². The molecular formula is C23H22N2O3. The Balaban J connectivity index is 1.55. The molecule has 0 aromatic heterocycles. The number of amides is 1. The van der Waals surface area contributed by atoms with E-state index in [4.69, 9.17) is 4.74 Å². The predicted octanol–water partition coefficient (Wildman–Crippen LogP) is 5.12. The highest BCUT2D eigenvalue weighted by molar-refractivity contribution is 5.95. The molecule has 0 heterocycles. The molecule has 0 aliphatic rings. The Kier molecular flexibility index (Phi) is 6.41.